The summed E-state index contributed by atoms with van der Waals surface area (Å²) in [6.07, 6.45) is 1.76. The van der Waals surface area contributed by atoms with Crippen LogP contribution >= 0.6 is 0 Å². The summed E-state index contributed by atoms with van der Waals surface area (Å²) in [5.74, 6) is -0.803. The van der Waals surface area contributed by atoms with Crippen LogP contribution in [-0.4, -0.2) is 23.6 Å². The van der Waals surface area contributed by atoms with Gasteiger partial charge in [0, 0.05) is 22.8 Å². The van der Waals surface area contributed by atoms with Gasteiger partial charge in [-0.2, -0.15) is 0 Å². The van der Waals surface area contributed by atoms with Crippen molar-refractivity contribution in [1.82, 2.24) is 9.88 Å². The van der Waals surface area contributed by atoms with Crippen molar-refractivity contribution in [3.8, 4) is 5.69 Å². The molecule has 0 spiro atoms. The van der Waals surface area contributed by atoms with Crippen molar-refractivity contribution in [3.63, 3.8) is 0 Å². The number of allylic oxidation sites excluding steroid dienone is 1. The van der Waals surface area contributed by atoms with Crippen LogP contribution in [0.1, 0.15) is 29.4 Å². The van der Waals surface area contributed by atoms with E-state index in [-0.39, 0.29) is 11.5 Å². The number of hydrogen-bond donors (Lipinski definition) is 1. The maximum atomic E-state index is 12.3. The molecule has 0 fully saturated rings. The van der Waals surface area contributed by atoms with Gasteiger partial charge in [-0.3, -0.25) is 4.79 Å². The maximum Gasteiger partial charge on any atom is 0.340 e. The van der Waals surface area contributed by atoms with Gasteiger partial charge in [0.15, 0.2) is 0 Å². The monoisotopic (exact) mass is 350 g/mol. The van der Waals surface area contributed by atoms with Crippen molar-refractivity contribution < 1.29 is 14.3 Å². The Hall–Kier alpha value is -3.08. The minimum absolute atomic E-state index is 0.289. The van der Waals surface area contributed by atoms with Gasteiger partial charge in [-0.1, -0.05) is 17.7 Å². The fourth-order valence-corrected chi connectivity index (χ4v) is 3.30. The Balaban J connectivity index is 2.10. The number of ether oxygens (including phenoxy) is 1. The van der Waals surface area contributed by atoms with Crippen LogP contribution in [0.5, 0.6) is 0 Å². The molecule has 1 aliphatic rings. The standard InChI is InChI=1S/C21H22N2O3/c1-12-6-8-17(9-7-12)23-13(2)10-16(15(23)4)11-18-19(21(25)26-5)14(3)22-20(18)24/h6-11H,1-5H3,(H,22,24). The van der Waals surface area contributed by atoms with Crippen LogP contribution < -0.4 is 5.32 Å². The predicted molar refractivity (Wildman–Crippen MR) is 101 cm³/mol. The summed E-state index contributed by atoms with van der Waals surface area (Å²) < 4.78 is 6.96. The first-order chi connectivity index (χ1) is 12.3. The zero-order chi connectivity index (χ0) is 19.0. The molecule has 0 saturated heterocycles. The molecule has 5 nitrogen and oxygen atoms in total. The largest absolute Gasteiger partial charge is 0.465 e. The first-order valence-corrected chi connectivity index (χ1v) is 8.42. The molecule has 2 heterocycles. The van der Waals surface area contributed by atoms with Gasteiger partial charge in [-0.25, -0.2) is 4.79 Å². The van der Waals surface area contributed by atoms with Crippen molar-refractivity contribution in [2.45, 2.75) is 27.7 Å². The Morgan fingerprint density at radius 3 is 2.38 bits per heavy atom. The molecule has 0 bridgehead atoms. The number of esters is 1. The van der Waals surface area contributed by atoms with Crippen LogP contribution in [0.2, 0.25) is 0 Å². The molecular formula is C21H22N2O3. The number of aromatic nitrogens is 1. The van der Waals surface area contributed by atoms with Crippen LogP contribution in [0.4, 0.5) is 0 Å². The Morgan fingerprint density at radius 2 is 1.77 bits per heavy atom. The second kappa shape index (κ2) is 6.67. The van der Waals surface area contributed by atoms with Gasteiger partial charge >= 0.3 is 5.97 Å². The molecule has 26 heavy (non-hydrogen) atoms. The Bertz CT molecular complexity index is 960. The normalized spacial score (nSPS) is 15.6. The molecule has 1 aromatic carbocycles. The highest BCUT2D eigenvalue weighted by Crippen LogP contribution is 2.28. The molecule has 134 valence electrons. The summed E-state index contributed by atoms with van der Waals surface area (Å²) >= 11 is 0. The van der Waals surface area contributed by atoms with E-state index in [2.05, 4.69) is 41.1 Å². The number of nitrogens with zero attached hydrogens (tertiary/aromatic N) is 1. The lowest BCUT2D eigenvalue weighted by molar-refractivity contribution is -0.136. The van der Waals surface area contributed by atoms with Gasteiger partial charge in [-0.15, -0.1) is 0 Å². The quantitative estimate of drug-likeness (QED) is 0.682. The molecule has 0 radical (unpaired) electrons. The number of benzene rings is 1. The average Bonchev–Trinajstić information content (AvgIpc) is 3.04. The number of methoxy groups -OCH3 is 1. The van der Waals surface area contributed by atoms with Crippen LogP contribution in [-0.2, 0) is 14.3 Å². The summed E-state index contributed by atoms with van der Waals surface area (Å²) in [5, 5.41) is 2.70. The summed E-state index contributed by atoms with van der Waals surface area (Å²) in [5.41, 5.74) is 6.34. The molecule has 0 saturated carbocycles. The highest BCUT2D eigenvalue weighted by Gasteiger charge is 2.31. The lowest BCUT2D eigenvalue weighted by Gasteiger charge is -2.10. The number of hydrogen-bond acceptors (Lipinski definition) is 3. The predicted octanol–water partition coefficient (Wildman–Crippen LogP) is 3.36. The van der Waals surface area contributed by atoms with Gasteiger partial charge in [0.05, 0.1) is 18.3 Å². The van der Waals surface area contributed by atoms with Gasteiger partial charge in [0.25, 0.3) is 5.91 Å². The van der Waals surface area contributed by atoms with E-state index in [0.717, 1.165) is 22.6 Å². The van der Waals surface area contributed by atoms with Gasteiger partial charge in [0.1, 0.15) is 0 Å². The van der Waals surface area contributed by atoms with Gasteiger partial charge in [-0.05, 0) is 57.5 Å². The lowest BCUT2D eigenvalue weighted by Crippen LogP contribution is -2.15. The summed E-state index contributed by atoms with van der Waals surface area (Å²) in [6.45, 7) is 7.77. The Morgan fingerprint density at radius 1 is 1.12 bits per heavy atom. The molecule has 1 aliphatic heterocycles. The van der Waals surface area contributed by atoms with E-state index in [1.165, 1.54) is 12.7 Å². The van der Waals surface area contributed by atoms with Gasteiger partial charge in [0.2, 0.25) is 0 Å². The van der Waals surface area contributed by atoms with Crippen molar-refractivity contribution >= 4 is 18.0 Å². The van der Waals surface area contributed by atoms with Crippen LogP contribution in [0.25, 0.3) is 11.8 Å². The number of aryl methyl sites for hydroxylation is 2. The number of carbonyl (C=O) groups excluding carboxylic acids is 2. The third kappa shape index (κ3) is 2.96. The number of carbonyl (C=O) groups is 2. The van der Waals surface area contributed by atoms with Crippen molar-refractivity contribution in [2.24, 2.45) is 0 Å². The second-order valence-corrected chi connectivity index (χ2v) is 6.50. The minimum Gasteiger partial charge on any atom is -0.465 e. The molecule has 5 heteroatoms. The highest BCUT2D eigenvalue weighted by atomic mass is 16.5. The van der Waals surface area contributed by atoms with Crippen molar-refractivity contribution in [1.29, 1.82) is 0 Å². The maximum absolute atomic E-state index is 12.3. The van der Waals surface area contributed by atoms with Crippen LogP contribution in [0.3, 0.4) is 0 Å². The Kier molecular flexibility index (Phi) is 4.55. The SMILES string of the molecule is COC(=O)C1=C(C)NC(=O)C1=Cc1cc(C)n(-c2ccc(C)cc2)c1C. The number of nitrogens with one attached hydrogen (secondary N) is 1. The first-order valence-electron chi connectivity index (χ1n) is 8.42. The minimum atomic E-state index is -0.514. The smallest absolute Gasteiger partial charge is 0.340 e. The topological polar surface area (TPSA) is 60.3 Å². The molecular weight excluding hydrogens is 328 g/mol. The van der Waals surface area contributed by atoms with Crippen LogP contribution in [0.15, 0.2) is 47.2 Å². The molecule has 0 aliphatic carbocycles. The molecule has 2 aromatic rings. The summed E-state index contributed by atoms with van der Waals surface area (Å²) in [4.78, 5) is 24.4. The zero-order valence-electron chi connectivity index (χ0n) is 15.6. The van der Waals surface area contributed by atoms with E-state index in [1.807, 2.05) is 19.9 Å². The van der Waals surface area contributed by atoms with Gasteiger partial charge < -0.3 is 14.6 Å². The lowest BCUT2D eigenvalue weighted by atomic mass is 10.0. The highest BCUT2D eigenvalue weighted by molar-refractivity contribution is 6.16. The first kappa shape index (κ1) is 17.7. The summed E-state index contributed by atoms with van der Waals surface area (Å²) in [6, 6.07) is 10.3. The van der Waals surface area contributed by atoms with E-state index in [0.29, 0.717) is 11.3 Å². The fourth-order valence-electron chi connectivity index (χ4n) is 3.30. The van der Waals surface area contributed by atoms with E-state index in [9.17, 15) is 9.59 Å². The molecule has 3 rings (SSSR count). The van der Waals surface area contributed by atoms with E-state index in [4.69, 9.17) is 4.74 Å². The number of rotatable bonds is 3. The average molecular weight is 350 g/mol. The molecule has 0 atom stereocenters. The summed E-state index contributed by atoms with van der Waals surface area (Å²) in [7, 11) is 1.31. The zero-order valence-corrected chi connectivity index (χ0v) is 15.6. The molecule has 1 aromatic heterocycles. The third-order valence-electron chi connectivity index (χ3n) is 4.64. The van der Waals surface area contributed by atoms with Crippen LogP contribution in [0, 0.1) is 20.8 Å². The molecule has 1 N–H and O–H groups in total. The fraction of sp³-hybridized carbons (Fsp3) is 0.238. The van der Waals surface area contributed by atoms with E-state index in [1.54, 1.807) is 13.0 Å². The van der Waals surface area contributed by atoms with E-state index < -0.39 is 5.97 Å². The molecule has 0 unspecified atom stereocenters. The van der Waals surface area contributed by atoms with Crippen molar-refractivity contribution in [3.05, 3.63) is 69.7 Å². The third-order valence-corrected chi connectivity index (χ3v) is 4.64. The Labute approximate surface area is 153 Å². The van der Waals surface area contributed by atoms with E-state index >= 15 is 0 Å². The molecule has 1 amide bonds. The second-order valence-electron chi connectivity index (χ2n) is 6.50. The number of amides is 1. The van der Waals surface area contributed by atoms with Crippen molar-refractivity contribution in [2.75, 3.05) is 7.11 Å².